The third-order valence-corrected chi connectivity index (χ3v) is 4.32. The van der Waals surface area contributed by atoms with Crippen LogP contribution in [0.4, 0.5) is 4.79 Å². The molecule has 0 radical (unpaired) electrons. The van der Waals surface area contributed by atoms with Gasteiger partial charge in [0.1, 0.15) is 5.60 Å². The third-order valence-electron chi connectivity index (χ3n) is 4.32. The van der Waals surface area contributed by atoms with Crippen LogP contribution in [0.15, 0.2) is 29.3 Å². The lowest BCUT2D eigenvalue weighted by atomic mass is 10.1. The van der Waals surface area contributed by atoms with Gasteiger partial charge < -0.3 is 31.3 Å². The number of nitrogens with two attached hydrogens (primary N) is 2. The molecule has 1 aliphatic heterocycles. The van der Waals surface area contributed by atoms with E-state index >= 15 is 0 Å². The van der Waals surface area contributed by atoms with Crippen LogP contribution in [0.25, 0.3) is 0 Å². The number of aliphatic imine (C=N–C) groups is 1. The Balaban J connectivity index is 0.00000480. The summed E-state index contributed by atoms with van der Waals surface area (Å²) in [6, 6.07) is 6.85. The van der Waals surface area contributed by atoms with Gasteiger partial charge in [0.2, 0.25) is 5.91 Å². The minimum atomic E-state index is -0.600. The van der Waals surface area contributed by atoms with Crippen molar-refractivity contribution in [3.63, 3.8) is 0 Å². The van der Waals surface area contributed by atoms with E-state index in [4.69, 9.17) is 16.2 Å². The molecular formula is C20H31IN6O4. The standard InChI is InChI=1S/C20H30N6O4.HI/c1-20(2,3)30-19(29)26-10-8-25(9-11-26)18(22)24-12-14-4-6-15(7-5-14)17(28)23-13-16(21)27;/h4-7H,8-13H2,1-3H3,(H2,21,27)(H2,22,24)(H,23,28);1H. The summed E-state index contributed by atoms with van der Waals surface area (Å²) in [5, 5.41) is 2.43. The number of guanidine groups is 1. The second kappa shape index (κ2) is 11.7. The van der Waals surface area contributed by atoms with Crippen molar-refractivity contribution in [3.8, 4) is 0 Å². The van der Waals surface area contributed by atoms with Crippen molar-refractivity contribution in [2.75, 3.05) is 32.7 Å². The lowest BCUT2D eigenvalue weighted by molar-refractivity contribution is -0.117. The van der Waals surface area contributed by atoms with E-state index in [2.05, 4.69) is 10.3 Å². The van der Waals surface area contributed by atoms with E-state index in [0.717, 1.165) is 5.56 Å². The summed E-state index contributed by atoms with van der Waals surface area (Å²) in [7, 11) is 0. The molecule has 31 heavy (non-hydrogen) atoms. The third kappa shape index (κ3) is 8.99. The summed E-state index contributed by atoms with van der Waals surface area (Å²) in [4.78, 5) is 42.7. The molecule has 11 heteroatoms. The fourth-order valence-electron chi connectivity index (χ4n) is 2.75. The van der Waals surface area contributed by atoms with Gasteiger partial charge in [-0.1, -0.05) is 12.1 Å². The Morgan fingerprint density at radius 3 is 2.10 bits per heavy atom. The van der Waals surface area contributed by atoms with Crippen LogP contribution in [-0.2, 0) is 16.1 Å². The van der Waals surface area contributed by atoms with Crippen LogP contribution in [0.2, 0.25) is 0 Å². The van der Waals surface area contributed by atoms with E-state index < -0.39 is 11.5 Å². The maximum Gasteiger partial charge on any atom is 0.410 e. The smallest absolute Gasteiger partial charge is 0.410 e. The molecule has 172 valence electrons. The zero-order valence-electron chi connectivity index (χ0n) is 18.1. The number of carbonyl (C=O) groups excluding carboxylic acids is 3. The zero-order valence-corrected chi connectivity index (χ0v) is 20.4. The van der Waals surface area contributed by atoms with E-state index in [1.54, 1.807) is 29.2 Å². The highest BCUT2D eigenvalue weighted by Crippen LogP contribution is 2.12. The van der Waals surface area contributed by atoms with Crippen LogP contribution in [0, 0.1) is 0 Å². The van der Waals surface area contributed by atoms with Gasteiger partial charge in [-0.05, 0) is 38.5 Å². The number of rotatable bonds is 5. The highest BCUT2D eigenvalue weighted by molar-refractivity contribution is 14.0. The monoisotopic (exact) mass is 546 g/mol. The molecule has 0 saturated carbocycles. The number of hydrogen-bond acceptors (Lipinski definition) is 5. The average molecular weight is 546 g/mol. The number of amides is 3. The van der Waals surface area contributed by atoms with E-state index in [9.17, 15) is 14.4 Å². The molecule has 1 aromatic carbocycles. The van der Waals surface area contributed by atoms with E-state index in [-0.39, 0.29) is 42.5 Å². The Labute approximate surface area is 199 Å². The predicted octanol–water partition coefficient (Wildman–Crippen LogP) is 0.887. The largest absolute Gasteiger partial charge is 0.444 e. The van der Waals surface area contributed by atoms with Crippen molar-refractivity contribution in [2.24, 2.45) is 16.5 Å². The number of nitrogens with zero attached hydrogens (tertiary/aromatic N) is 3. The Morgan fingerprint density at radius 2 is 1.58 bits per heavy atom. The fourth-order valence-corrected chi connectivity index (χ4v) is 2.75. The normalized spacial score (nSPS) is 14.5. The number of halogens is 1. The molecule has 0 aliphatic carbocycles. The molecule has 10 nitrogen and oxygen atoms in total. The van der Waals surface area contributed by atoms with E-state index in [1.165, 1.54) is 0 Å². The first kappa shape index (κ1) is 26.5. The summed E-state index contributed by atoms with van der Waals surface area (Å²) < 4.78 is 5.39. The lowest BCUT2D eigenvalue weighted by Gasteiger charge is -2.36. The molecule has 1 saturated heterocycles. The van der Waals surface area contributed by atoms with Crippen molar-refractivity contribution in [3.05, 3.63) is 35.4 Å². The fraction of sp³-hybridized carbons (Fsp3) is 0.500. The zero-order chi connectivity index (χ0) is 22.3. The first-order valence-electron chi connectivity index (χ1n) is 9.73. The highest BCUT2D eigenvalue weighted by Gasteiger charge is 2.26. The molecule has 3 amide bonds. The van der Waals surface area contributed by atoms with E-state index in [1.807, 2.05) is 25.7 Å². The molecule has 0 spiro atoms. The molecule has 1 heterocycles. The molecule has 0 bridgehead atoms. The summed E-state index contributed by atoms with van der Waals surface area (Å²) in [6.07, 6.45) is -0.322. The summed E-state index contributed by atoms with van der Waals surface area (Å²) in [5.41, 5.74) is 11.9. The van der Waals surface area contributed by atoms with Crippen molar-refractivity contribution in [1.82, 2.24) is 15.1 Å². The molecule has 1 fully saturated rings. The van der Waals surface area contributed by atoms with Gasteiger partial charge in [0.25, 0.3) is 5.91 Å². The first-order chi connectivity index (χ1) is 14.0. The van der Waals surface area contributed by atoms with Gasteiger partial charge in [-0.25, -0.2) is 9.79 Å². The molecule has 0 aromatic heterocycles. The number of hydrogen-bond donors (Lipinski definition) is 3. The van der Waals surface area contributed by atoms with Gasteiger partial charge in [0.15, 0.2) is 5.96 Å². The van der Waals surface area contributed by atoms with Crippen LogP contribution >= 0.6 is 24.0 Å². The lowest BCUT2D eigenvalue weighted by Crippen LogP contribution is -2.53. The van der Waals surface area contributed by atoms with Gasteiger partial charge in [0.05, 0.1) is 13.1 Å². The van der Waals surface area contributed by atoms with Crippen molar-refractivity contribution in [2.45, 2.75) is 32.9 Å². The second-order valence-electron chi connectivity index (χ2n) is 7.97. The molecule has 1 aromatic rings. The average Bonchev–Trinajstić information content (AvgIpc) is 2.69. The first-order valence-corrected chi connectivity index (χ1v) is 9.73. The van der Waals surface area contributed by atoms with Crippen LogP contribution in [0.1, 0.15) is 36.7 Å². The van der Waals surface area contributed by atoms with Crippen LogP contribution in [-0.4, -0.2) is 72.0 Å². The molecule has 0 unspecified atom stereocenters. The molecule has 2 rings (SSSR count). The van der Waals surface area contributed by atoms with Gasteiger partial charge >= 0.3 is 6.09 Å². The highest BCUT2D eigenvalue weighted by atomic mass is 127. The molecular weight excluding hydrogens is 515 g/mol. The summed E-state index contributed by atoms with van der Waals surface area (Å²) in [6.45, 7) is 7.86. The SMILES string of the molecule is CC(C)(C)OC(=O)N1CCN(C(N)=NCc2ccc(C(=O)NCC(N)=O)cc2)CC1.I. The van der Waals surface area contributed by atoms with Crippen LogP contribution in [0.5, 0.6) is 0 Å². The second-order valence-corrected chi connectivity index (χ2v) is 7.97. The minimum absolute atomic E-state index is 0. The summed E-state index contributed by atoms with van der Waals surface area (Å²) in [5.74, 6) is -0.565. The maximum absolute atomic E-state index is 12.1. The number of ether oxygens (including phenoxy) is 1. The van der Waals surface area contributed by atoms with Gasteiger partial charge in [-0.2, -0.15) is 0 Å². The van der Waals surface area contributed by atoms with Crippen molar-refractivity contribution < 1.29 is 19.1 Å². The quantitative estimate of drug-likeness (QED) is 0.284. The van der Waals surface area contributed by atoms with Crippen LogP contribution < -0.4 is 16.8 Å². The van der Waals surface area contributed by atoms with Crippen molar-refractivity contribution in [1.29, 1.82) is 0 Å². The molecule has 0 atom stereocenters. The topological polar surface area (TPSA) is 143 Å². The number of carbonyl (C=O) groups is 3. The Kier molecular flexibility index (Phi) is 10.0. The minimum Gasteiger partial charge on any atom is -0.444 e. The maximum atomic E-state index is 12.1. The number of nitrogens with one attached hydrogen (secondary N) is 1. The van der Waals surface area contributed by atoms with E-state index in [0.29, 0.717) is 44.2 Å². The number of primary amides is 1. The molecule has 1 aliphatic rings. The molecule has 5 N–H and O–H groups in total. The Bertz CT molecular complexity index is 799. The predicted molar refractivity (Wildman–Crippen MR) is 128 cm³/mol. The Hall–Kier alpha value is -2.57. The van der Waals surface area contributed by atoms with Crippen LogP contribution in [0.3, 0.4) is 0 Å². The van der Waals surface area contributed by atoms with Crippen molar-refractivity contribution >= 4 is 47.8 Å². The van der Waals surface area contributed by atoms with Gasteiger partial charge in [-0.15, -0.1) is 24.0 Å². The van der Waals surface area contributed by atoms with Gasteiger partial charge in [-0.3, -0.25) is 9.59 Å². The summed E-state index contributed by atoms with van der Waals surface area (Å²) >= 11 is 0. The number of benzene rings is 1. The van der Waals surface area contributed by atoms with Gasteiger partial charge in [0, 0.05) is 31.7 Å². The number of piperazine rings is 1. The Morgan fingerprint density at radius 1 is 1.03 bits per heavy atom.